The van der Waals surface area contributed by atoms with E-state index in [4.69, 9.17) is 11.6 Å². The highest BCUT2D eigenvalue weighted by atomic mass is 35.5. The number of hydrogen-bond acceptors (Lipinski definition) is 3. The molecule has 0 saturated heterocycles. The second-order valence-electron chi connectivity index (χ2n) is 4.28. The van der Waals surface area contributed by atoms with Crippen LogP contribution in [0.1, 0.15) is 24.1 Å². The topological polar surface area (TPSA) is 32.3 Å². The highest BCUT2D eigenvalue weighted by Crippen LogP contribution is 2.24. The lowest BCUT2D eigenvalue weighted by molar-refractivity contribution is 0.475. The molecule has 4 heteroatoms. The minimum Gasteiger partial charge on any atom is -0.508 e. The van der Waals surface area contributed by atoms with Crippen LogP contribution >= 0.6 is 22.9 Å². The van der Waals surface area contributed by atoms with Gasteiger partial charge in [0.25, 0.3) is 0 Å². The Labute approximate surface area is 116 Å². The van der Waals surface area contributed by atoms with Crippen molar-refractivity contribution in [3.05, 3.63) is 51.2 Å². The second-order valence-corrected chi connectivity index (χ2v) is 5.82. The van der Waals surface area contributed by atoms with Gasteiger partial charge in [-0.15, -0.1) is 11.3 Å². The van der Waals surface area contributed by atoms with Gasteiger partial charge >= 0.3 is 0 Å². The highest BCUT2D eigenvalue weighted by Gasteiger charge is 2.06. The molecule has 1 atom stereocenters. The molecule has 2 aromatic rings. The molecule has 2 N–H and O–H groups in total. The lowest BCUT2D eigenvalue weighted by Gasteiger charge is -2.12. The molecule has 1 heterocycles. The Morgan fingerprint density at radius 1 is 1.33 bits per heavy atom. The van der Waals surface area contributed by atoms with Crippen molar-refractivity contribution in [3.8, 4) is 5.75 Å². The zero-order chi connectivity index (χ0) is 13.0. The Hall–Kier alpha value is -1.03. The standard InChI is InChI=1S/C14H16ClNOS/c1-10(12-8-14(15)18-9-12)16-7-6-11-2-4-13(17)5-3-11/h2-5,8-10,16-17H,6-7H2,1H3. The predicted molar refractivity (Wildman–Crippen MR) is 77.6 cm³/mol. The van der Waals surface area contributed by atoms with Gasteiger partial charge in [-0.25, -0.2) is 0 Å². The minimum absolute atomic E-state index is 0.311. The van der Waals surface area contributed by atoms with Crippen LogP contribution in [0.15, 0.2) is 35.7 Å². The van der Waals surface area contributed by atoms with E-state index in [-0.39, 0.29) is 0 Å². The summed E-state index contributed by atoms with van der Waals surface area (Å²) in [7, 11) is 0. The smallest absolute Gasteiger partial charge is 0.115 e. The van der Waals surface area contributed by atoms with Crippen LogP contribution in [0.25, 0.3) is 0 Å². The number of hydrogen-bond donors (Lipinski definition) is 2. The Kier molecular flexibility index (Phi) is 4.64. The van der Waals surface area contributed by atoms with E-state index in [0.717, 1.165) is 17.3 Å². The molecule has 2 nitrogen and oxygen atoms in total. The monoisotopic (exact) mass is 281 g/mol. The summed E-state index contributed by atoms with van der Waals surface area (Å²) in [6, 6.07) is 9.65. The number of nitrogens with one attached hydrogen (secondary N) is 1. The normalized spacial score (nSPS) is 12.6. The van der Waals surface area contributed by atoms with Crippen LogP contribution in [-0.2, 0) is 6.42 Å². The fourth-order valence-electron chi connectivity index (χ4n) is 1.76. The molecule has 0 aliphatic carbocycles. The van der Waals surface area contributed by atoms with Gasteiger partial charge in [-0.2, -0.15) is 0 Å². The zero-order valence-electron chi connectivity index (χ0n) is 10.2. The summed E-state index contributed by atoms with van der Waals surface area (Å²) >= 11 is 7.48. The van der Waals surface area contributed by atoms with Gasteiger partial charge in [-0.1, -0.05) is 23.7 Å². The first-order chi connectivity index (χ1) is 8.65. The molecule has 0 radical (unpaired) electrons. The quantitative estimate of drug-likeness (QED) is 0.868. The molecule has 0 saturated carbocycles. The van der Waals surface area contributed by atoms with Crippen LogP contribution in [0.5, 0.6) is 5.75 Å². The Bertz CT molecular complexity index is 495. The van der Waals surface area contributed by atoms with E-state index in [2.05, 4.69) is 17.6 Å². The fourth-order valence-corrected chi connectivity index (χ4v) is 2.75. The lowest BCUT2D eigenvalue weighted by atomic mass is 10.1. The first-order valence-corrected chi connectivity index (χ1v) is 7.16. The summed E-state index contributed by atoms with van der Waals surface area (Å²) in [5.41, 5.74) is 2.45. The molecule has 1 aromatic carbocycles. The maximum atomic E-state index is 9.19. The van der Waals surface area contributed by atoms with Crippen LogP contribution in [0.4, 0.5) is 0 Å². The van der Waals surface area contributed by atoms with E-state index in [9.17, 15) is 5.11 Å². The number of phenolic OH excluding ortho intramolecular Hbond substituents is 1. The van der Waals surface area contributed by atoms with E-state index in [1.54, 1.807) is 23.5 Å². The SMILES string of the molecule is CC(NCCc1ccc(O)cc1)c1csc(Cl)c1. The first kappa shape index (κ1) is 13.4. The molecular formula is C14H16ClNOS. The summed E-state index contributed by atoms with van der Waals surface area (Å²) in [5, 5.41) is 14.7. The summed E-state index contributed by atoms with van der Waals surface area (Å²) in [5.74, 6) is 0.313. The van der Waals surface area contributed by atoms with Crippen molar-refractivity contribution in [1.29, 1.82) is 0 Å². The molecule has 96 valence electrons. The molecule has 0 bridgehead atoms. The minimum atomic E-state index is 0.311. The highest BCUT2D eigenvalue weighted by molar-refractivity contribution is 7.14. The summed E-state index contributed by atoms with van der Waals surface area (Å²) in [4.78, 5) is 0. The van der Waals surface area contributed by atoms with Gasteiger partial charge in [0.2, 0.25) is 0 Å². The summed E-state index contributed by atoms with van der Waals surface area (Å²) in [6.07, 6.45) is 0.947. The van der Waals surface area contributed by atoms with E-state index < -0.39 is 0 Å². The van der Waals surface area contributed by atoms with Crippen LogP contribution in [0.3, 0.4) is 0 Å². The molecule has 0 spiro atoms. The number of rotatable bonds is 5. The second kappa shape index (κ2) is 6.23. The average molecular weight is 282 g/mol. The van der Waals surface area contributed by atoms with Crippen molar-refractivity contribution in [1.82, 2.24) is 5.32 Å². The Morgan fingerprint density at radius 2 is 2.06 bits per heavy atom. The largest absolute Gasteiger partial charge is 0.508 e. The molecular weight excluding hydrogens is 266 g/mol. The molecule has 0 aliphatic heterocycles. The average Bonchev–Trinajstić information content (AvgIpc) is 2.78. The zero-order valence-corrected chi connectivity index (χ0v) is 11.8. The van der Waals surface area contributed by atoms with Gasteiger partial charge in [0, 0.05) is 6.04 Å². The van der Waals surface area contributed by atoms with E-state index in [1.165, 1.54) is 11.1 Å². The van der Waals surface area contributed by atoms with Gasteiger partial charge in [-0.3, -0.25) is 0 Å². The fraction of sp³-hybridized carbons (Fsp3) is 0.286. The third-order valence-electron chi connectivity index (χ3n) is 2.89. The van der Waals surface area contributed by atoms with Crippen molar-refractivity contribution < 1.29 is 5.11 Å². The number of benzene rings is 1. The molecule has 0 aliphatic rings. The molecule has 2 rings (SSSR count). The van der Waals surface area contributed by atoms with Crippen LogP contribution in [0.2, 0.25) is 4.34 Å². The van der Waals surface area contributed by atoms with E-state index >= 15 is 0 Å². The van der Waals surface area contributed by atoms with Crippen molar-refractivity contribution in [3.63, 3.8) is 0 Å². The molecule has 1 unspecified atom stereocenters. The van der Waals surface area contributed by atoms with Gasteiger partial charge in [0.05, 0.1) is 4.34 Å². The van der Waals surface area contributed by atoms with Crippen LogP contribution < -0.4 is 5.32 Å². The van der Waals surface area contributed by atoms with Gasteiger partial charge < -0.3 is 10.4 Å². The van der Waals surface area contributed by atoms with Crippen molar-refractivity contribution in [2.75, 3.05) is 6.54 Å². The van der Waals surface area contributed by atoms with Gasteiger partial charge in [-0.05, 0) is 54.6 Å². The maximum absolute atomic E-state index is 9.19. The van der Waals surface area contributed by atoms with Gasteiger partial charge in [0.1, 0.15) is 5.75 Å². The molecule has 0 amide bonds. The number of aromatic hydroxyl groups is 1. The van der Waals surface area contributed by atoms with Crippen LogP contribution in [-0.4, -0.2) is 11.7 Å². The van der Waals surface area contributed by atoms with E-state index in [0.29, 0.717) is 11.8 Å². The van der Waals surface area contributed by atoms with Crippen LogP contribution in [0, 0.1) is 0 Å². The molecule has 1 aromatic heterocycles. The Balaban J connectivity index is 1.80. The van der Waals surface area contributed by atoms with Crippen molar-refractivity contribution in [2.45, 2.75) is 19.4 Å². The van der Waals surface area contributed by atoms with Crippen molar-refractivity contribution >= 4 is 22.9 Å². The Morgan fingerprint density at radius 3 is 2.67 bits per heavy atom. The molecule has 0 fully saturated rings. The van der Waals surface area contributed by atoms with Crippen molar-refractivity contribution in [2.24, 2.45) is 0 Å². The van der Waals surface area contributed by atoms with Gasteiger partial charge in [0.15, 0.2) is 0 Å². The third-order valence-corrected chi connectivity index (χ3v) is 4.00. The predicted octanol–water partition coefficient (Wildman–Crippen LogP) is 4.00. The number of thiophene rings is 1. The third kappa shape index (κ3) is 3.73. The number of halogens is 1. The maximum Gasteiger partial charge on any atom is 0.115 e. The molecule has 18 heavy (non-hydrogen) atoms. The summed E-state index contributed by atoms with van der Waals surface area (Å²) in [6.45, 7) is 3.04. The first-order valence-electron chi connectivity index (χ1n) is 5.90. The summed E-state index contributed by atoms with van der Waals surface area (Å²) < 4.78 is 0.831. The van der Waals surface area contributed by atoms with E-state index in [1.807, 2.05) is 18.2 Å². The number of phenols is 1. The lowest BCUT2D eigenvalue weighted by Crippen LogP contribution is -2.20.